The van der Waals surface area contributed by atoms with Gasteiger partial charge < -0.3 is 9.64 Å². The van der Waals surface area contributed by atoms with Gasteiger partial charge in [-0.15, -0.1) is 0 Å². The number of halogens is 1. The number of hydrazine groups is 1. The lowest BCUT2D eigenvalue weighted by Crippen LogP contribution is -2.35. The first-order chi connectivity index (χ1) is 14.3. The molecule has 2 aromatic rings. The Labute approximate surface area is 175 Å². The minimum atomic E-state index is -0.521. The maximum atomic E-state index is 13.2. The van der Waals surface area contributed by atoms with Crippen LogP contribution in [0.2, 0.25) is 0 Å². The minimum Gasteiger partial charge on any atom is -0.490 e. The van der Waals surface area contributed by atoms with E-state index in [0.29, 0.717) is 17.0 Å². The summed E-state index contributed by atoms with van der Waals surface area (Å²) in [4.78, 5) is 27.5. The molecule has 0 saturated carbocycles. The highest BCUT2D eigenvalue weighted by Gasteiger charge is 2.34. The number of benzene rings is 2. The summed E-state index contributed by atoms with van der Waals surface area (Å²) in [5.74, 6) is -0.846. The lowest BCUT2D eigenvalue weighted by molar-refractivity contribution is -0.117. The van der Waals surface area contributed by atoms with Crippen molar-refractivity contribution in [2.45, 2.75) is 33.8 Å². The van der Waals surface area contributed by atoms with Crippen LogP contribution in [0, 0.1) is 5.82 Å². The predicted octanol–water partition coefficient (Wildman–Crippen LogP) is 3.92. The van der Waals surface area contributed by atoms with Gasteiger partial charge >= 0.3 is 0 Å². The molecule has 1 N–H and O–H groups in total. The van der Waals surface area contributed by atoms with E-state index in [0.717, 1.165) is 23.8 Å². The van der Waals surface area contributed by atoms with Crippen LogP contribution in [0.4, 0.5) is 15.8 Å². The fourth-order valence-corrected chi connectivity index (χ4v) is 3.27. The number of carbonyl (C=O) groups is 2. The van der Waals surface area contributed by atoms with E-state index in [1.54, 1.807) is 0 Å². The Balaban J connectivity index is 1.97. The lowest BCUT2D eigenvalue weighted by Gasteiger charge is -2.23. The average Bonchev–Trinajstić information content (AvgIpc) is 2.99. The number of hydrogen-bond donors (Lipinski definition) is 1. The molecule has 0 atom stereocenters. The van der Waals surface area contributed by atoms with Gasteiger partial charge in [-0.3, -0.25) is 15.0 Å². The molecule has 158 valence electrons. The van der Waals surface area contributed by atoms with Gasteiger partial charge in [0, 0.05) is 30.4 Å². The summed E-state index contributed by atoms with van der Waals surface area (Å²) in [5, 5.41) is 1.11. The summed E-state index contributed by atoms with van der Waals surface area (Å²) < 4.78 is 19.1. The van der Waals surface area contributed by atoms with Crippen LogP contribution in [-0.4, -0.2) is 31.0 Å². The van der Waals surface area contributed by atoms with Gasteiger partial charge in [0.2, 0.25) is 0 Å². The molecule has 0 bridgehead atoms. The van der Waals surface area contributed by atoms with Crippen LogP contribution in [0.15, 0.2) is 48.0 Å². The Morgan fingerprint density at radius 1 is 1.10 bits per heavy atom. The summed E-state index contributed by atoms with van der Waals surface area (Å²) in [5.41, 5.74) is 4.54. The average molecular weight is 411 g/mol. The second-order valence-corrected chi connectivity index (χ2v) is 7.18. The first-order valence-electron chi connectivity index (χ1n) is 10.0. The molecular formula is C23H26FN3O3. The van der Waals surface area contributed by atoms with E-state index in [4.69, 9.17) is 4.74 Å². The largest absolute Gasteiger partial charge is 0.490 e. The molecule has 2 aromatic carbocycles. The van der Waals surface area contributed by atoms with Crippen LogP contribution < -0.4 is 20.1 Å². The maximum Gasteiger partial charge on any atom is 0.282 e. The van der Waals surface area contributed by atoms with Crippen molar-refractivity contribution < 1.29 is 18.7 Å². The highest BCUT2D eigenvalue weighted by Crippen LogP contribution is 2.30. The maximum absolute atomic E-state index is 13.2. The summed E-state index contributed by atoms with van der Waals surface area (Å²) in [6, 6.07) is 11.1. The summed E-state index contributed by atoms with van der Waals surface area (Å²) in [6.45, 7) is 9.70. The molecule has 0 unspecified atom stereocenters. The molecule has 1 aliphatic rings. The number of amides is 2. The lowest BCUT2D eigenvalue weighted by atomic mass is 10.1. The fraction of sp³-hybridized carbons (Fsp3) is 0.304. The van der Waals surface area contributed by atoms with Crippen LogP contribution in [0.1, 0.15) is 33.3 Å². The number of hydrogen-bond acceptors (Lipinski definition) is 4. The third-order valence-electron chi connectivity index (χ3n) is 4.76. The molecule has 0 aliphatic carbocycles. The van der Waals surface area contributed by atoms with E-state index in [1.807, 2.05) is 32.0 Å². The smallest absolute Gasteiger partial charge is 0.282 e. The highest BCUT2D eigenvalue weighted by atomic mass is 19.1. The molecule has 0 radical (unpaired) electrons. The van der Waals surface area contributed by atoms with Gasteiger partial charge in [-0.1, -0.05) is 0 Å². The number of ether oxygens (including phenoxy) is 1. The first kappa shape index (κ1) is 21.4. The van der Waals surface area contributed by atoms with Crippen molar-refractivity contribution in [1.29, 1.82) is 0 Å². The topological polar surface area (TPSA) is 61.9 Å². The Morgan fingerprint density at radius 3 is 2.37 bits per heavy atom. The SMILES string of the molecule is CCN(CC)c1ccc(/C=C2\C(=O)NN(c3ccc(F)cc3)C2=O)c(OC(C)C)c1. The zero-order valence-corrected chi connectivity index (χ0v) is 17.6. The molecule has 2 amide bonds. The number of carbonyl (C=O) groups excluding carboxylic acids is 2. The standard InChI is InChI=1S/C23H26FN3O3/c1-5-26(6-2)19-10-7-16(21(14-19)30-15(3)4)13-20-22(28)25-27(23(20)29)18-11-8-17(24)9-12-18/h7-15H,5-6H2,1-4H3,(H,25,28)/b20-13+. The van der Waals surface area contributed by atoms with Gasteiger partial charge in [0.15, 0.2) is 0 Å². The van der Waals surface area contributed by atoms with Crippen molar-refractivity contribution in [3.8, 4) is 5.75 Å². The Hall–Kier alpha value is -3.35. The summed E-state index contributed by atoms with van der Waals surface area (Å²) in [7, 11) is 0. The van der Waals surface area contributed by atoms with E-state index in [-0.39, 0.29) is 11.7 Å². The number of anilines is 2. The van der Waals surface area contributed by atoms with Crippen LogP contribution >= 0.6 is 0 Å². The minimum absolute atomic E-state index is 0.0106. The molecule has 6 nitrogen and oxygen atoms in total. The number of nitrogens with one attached hydrogen (secondary N) is 1. The van der Waals surface area contributed by atoms with Crippen molar-refractivity contribution in [1.82, 2.24) is 5.43 Å². The van der Waals surface area contributed by atoms with E-state index < -0.39 is 17.6 Å². The van der Waals surface area contributed by atoms with E-state index in [2.05, 4.69) is 24.2 Å². The van der Waals surface area contributed by atoms with Crippen LogP contribution in [0.5, 0.6) is 5.75 Å². The van der Waals surface area contributed by atoms with Gasteiger partial charge in [-0.25, -0.2) is 9.40 Å². The Bertz CT molecular complexity index is 966. The van der Waals surface area contributed by atoms with Crippen LogP contribution in [0.3, 0.4) is 0 Å². The van der Waals surface area contributed by atoms with Gasteiger partial charge in [0.05, 0.1) is 11.8 Å². The Morgan fingerprint density at radius 2 is 1.77 bits per heavy atom. The summed E-state index contributed by atoms with van der Waals surface area (Å²) >= 11 is 0. The van der Waals surface area contributed by atoms with Crippen molar-refractivity contribution >= 4 is 29.3 Å². The second-order valence-electron chi connectivity index (χ2n) is 7.18. The zero-order chi connectivity index (χ0) is 21.8. The molecule has 0 spiro atoms. The van der Waals surface area contributed by atoms with Crippen molar-refractivity contribution in [2.24, 2.45) is 0 Å². The van der Waals surface area contributed by atoms with Crippen LogP contribution in [-0.2, 0) is 9.59 Å². The van der Waals surface area contributed by atoms with E-state index in [1.165, 1.54) is 30.3 Å². The highest BCUT2D eigenvalue weighted by molar-refractivity contribution is 6.31. The zero-order valence-electron chi connectivity index (χ0n) is 17.6. The third-order valence-corrected chi connectivity index (χ3v) is 4.76. The second kappa shape index (κ2) is 8.98. The molecule has 0 aromatic heterocycles. The molecule has 3 rings (SSSR count). The van der Waals surface area contributed by atoms with Gasteiger partial charge in [0.25, 0.3) is 11.8 Å². The number of nitrogens with zero attached hydrogens (tertiary/aromatic N) is 2. The van der Waals surface area contributed by atoms with Gasteiger partial charge in [-0.05, 0) is 70.2 Å². The van der Waals surface area contributed by atoms with E-state index in [9.17, 15) is 14.0 Å². The molecule has 1 heterocycles. The monoisotopic (exact) mass is 411 g/mol. The normalized spacial score (nSPS) is 15.1. The van der Waals surface area contributed by atoms with Crippen LogP contribution in [0.25, 0.3) is 6.08 Å². The molecular weight excluding hydrogens is 385 g/mol. The number of rotatable bonds is 7. The van der Waals surface area contributed by atoms with Crippen molar-refractivity contribution in [3.63, 3.8) is 0 Å². The molecule has 30 heavy (non-hydrogen) atoms. The van der Waals surface area contributed by atoms with Gasteiger partial charge in [-0.2, -0.15) is 0 Å². The quantitative estimate of drug-likeness (QED) is 0.554. The molecule has 1 fully saturated rings. The van der Waals surface area contributed by atoms with Crippen molar-refractivity contribution in [3.05, 3.63) is 59.4 Å². The molecule has 1 aliphatic heterocycles. The summed E-state index contributed by atoms with van der Waals surface area (Å²) in [6.07, 6.45) is 1.46. The van der Waals surface area contributed by atoms with Crippen molar-refractivity contribution in [2.75, 3.05) is 23.0 Å². The molecule has 7 heteroatoms. The van der Waals surface area contributed by atoms with Gasteiger partial charge in [0.1, 0.15) is 17.1 Å². The Kier molecular flexibility index (Phi) is 6.40. The van der Waals surface area contributed by atoms with E-state index >= 15 is 0 Å². The third kappa shape index (κ3) is 4.45. The molecule has 1 saturated heterocycles. The first-order valence-corrected chi connectivity index (χ1v) is 10.0. The fourth-order valence-electron chi connectivity index (χ4n) is 3.27. The predicted molar refractivity (Wildman–Crippen MR) is 116 cm³/mol.